The summed E-state index contributed by atoms with van der Waals surface area (Å²) in [5, 5.41) is 26.7. The van der Waals surface area contributed by atoms with E-state index in [9.17, 15) is 4.79 Å². The zero-order valence-corrected chi connectivity index (χ0v) is 7.56. The van der Waals surface area contributed by atoms with Crippen molar-refractivity contribution in [2.45, 2.75) is 6.92 Å². The Bertz CT molecular complexity index is 393. The van der Waals surface area contributed by atoms with E-state index in [0.717, 1.165) is 0 Å². The highest BCUT2D eigenvalue weighted by Gasteiger charge is 2.02. The van der Waals surface area contributed by atoms with Crippen molar-refractivity contribution in [1.29, 1.82) is 0 Å². The molecule has 0 aliphatic rings. The number of rotatable bonds is 2. The second kappa shape index (κ2) is 3.83. The standard InChI is InChI=1S/C10H10O4/c1-6(10(13)14)4-7-2-3-8(11)9(12)5-7/h2-5,11-12H,1H3,(H,13,14)/b6-4-. The predicted molar refractivity (Wildman–Crippen MR) is 51.1 cm³/mol. The Morgan fingerprint density at radius 3 is 2.43 bits per heavy atom. The topological polar surface area (TPSA) is 77.8 Å². The molecule has 0 fully saturated rings. The van der Waals surface area contributed by atoms with Crippen molar-refractivity contribution in [2.24, 2.45) is 0 Å². The first-order chi connectivity index (χ1) is 6.50. The van der Waals surface area contributed by atoms with Gasteiger partial charge in [-0.15, -0.1) is 0 Å². The summed E-state index contributed by atoms with van der Waals surface area (Å²) < 4.78 is 0. The van der Waals surface area contributed by atoms with Crippen LogP contribution >= 0.6 is 0 Å². The Hall–Kier alpha value is -1.97. The molecular weight excluding hydrogens is 184 g/mol. The van der Waals surface area contributed by atoms with Crippen LogP contribution in [0, 0.1) is 0 Å². The van der Waals surface area contributed by atoms with E-state index in [2.05, 4.69) is 0 Å². The van der Waals surface area contributed by atoms with Gasteiger partial charge in [-0.05, 0) is 30.7 Å². The first-order valence-corrected chi connectivity index (χ1v) is 3.94. The number of phenols is 2. The minimum Gasteiger partial charge on any atom is -0.504 e. The van der Waals surface area contributed by atoms with Gasteiger partial charge in [0.25, 0.3) is 0 Å². The molecule has 74 valence electrons. The number of phenolic OH excluding ortho intramolecular Hbond substituents is 2. The van der Waals surface area contributed by atoms with E-state index in [4.69, 9.17) is 15.3 Å². The number of carboxylic acid groups (broad SMARTS) is 1. The highest BCUT2D eigenvalue weighted by Crippen LogP contribution is 2.25. The quantitative estimate of drug-likeness (QED) is 0.493. The van der Waals surface area contributed by atoms with Crippen molar-refractivity contribution in [3.63, 3.8) is 0 Å². The summed E-state index contributed by atoms with van der Waals surface area (Å²) in [5.41, 5.74) is 0.690. The average molecular weight is 194 g/mol. The summed E-state index contributed by atoms with van der Waals surface area (Å²) in [4.78, 5) is 10.5. The molecule has 1 aromatic rings. The molecule has 1 aromatic carbocycles. The summed E-state index contributed by atoms with van der Waals surface area (Å²) in [6.45, 7) is 1.45. The average Bonchev–Trinajstić information content (AvgIpc) is 2.11. The van der Waals surface area contributed by atoms with Crippen molar-refractivity contribution >= 4 is 12.0 Å². The van der Waals surface area contributed by atoms with Crippen LogP contribution in [0.2, 0.25) is 0 Å². The monoisotopic (exact) mass is 194 g/mol. The highest BCUT2D eigenvalue weighted by atomic mass is 16.4. The van der Waals surface area contributed by atoms with Gasteiger partial charge < -0.3 is 15.3 Å². The van der Waals surface area contributed by atoms with Crippen molar-refractivity contribution in [1.82, 2.24) is 0 Å². The van der Waals surface area contributed by atoms with Gasteiger partial charge in [0.1, 0.15) is 0 Å². The zero-order valence-electron chi connectivity index (χ0n) is 7.56. The third-order valence-corrected chi connectivity index (χ3v) is 1.72. The van der Waals surface area contributed by atoms with Crippen LogP contribution in [0.4, 0.5) is 0 Å². The van der Waals surface area contributed by atoms with Crippen LogP contribution in [0.3, 0.4) is 0 Å². The maximum absolute atomic E-state index is 10.5. The fraction of sp³-hybridized carbons (Fsp3) is 0.100. The number of aliphatic carboxylic acids is 1. The van der Waals surface area contributed by atoms with Gasteiger partial charge in [0, 0.05) is 5.57 Å². The Morgan fingerprint density at radius 2 is 1.93 bits per heavy atom. The second-order valence-corrected chi connectivity index (χ2v) is 2.88. The number of hydrogen-bond acceptors (Lipinski definition) is 3. The smallest absolute Gasteiger partial charge is 0.331 e. The van der Waals surface area contributed by atoms with Gasteiger partial charge in [-0.3, -0.25) is 0 Å². The SMILES string of the molecule is C/C(=C/c1ccc(O)c(O)c1)C(=O)O. The molecule has 0 saturated carbocycles. The van der Waals surface area contributed by atoms with Gasteiger partial charge in [-0.25, -0.2) is 4.79 Å². The first-order valence-electron chi connectivity index (χ1n) is 3.94. The van der Waals surface area contributed by atoms with Gasteiger partial charge in [-0.1, -0.05) is 6.07 Å². The number of aromatic hydroxyl groups is 2. The van der Waals surface area contributed by atoms with Crippen LogP contribution in [-0.2, 0) is 4.79 Å². The largest absolute Gasteiger partial charge is 0.504 e. The number of hydrogen-bond donors (Lipinski definition) is 3. The molecule has 3 N–H and O–H groups in total. The number of carbonyl (C=O) groups is 1. The lowest BCUT2D eigenvalue weighted by atomic mass is 10.1. The summed E-state index contributed by atoms with van der Waals surface area (Å²) in [6.07, 6.45) is 1.40. The molecule has 0 aromatic heterocycles. The number of carboxylic acids is 1. The molecule has 4 heteroatoms. The van der Waals surface area contributed by atoms with Crippen molar-refractivity contribution in [3.8, 4) is 11.5 Å². The summed E-state index contributed by atoms with van der Waals surface area (Å²) >= 11 is 0. The van der Waals surface area contributed by atoms with Crippen LogP contribution in [-0.4, -0.2) is 21.3 Å². The second-order valence-electron chi connectivity index (χ2n) is 2.88. The van der Waals surface area contributed by atoms with Gasteiger partial charge >= 0.3 is 5.97 Å². The Morgan fingerprint density at radius 1 is 1.29 bits per heavy atom. The van der Waals surface area contributed by atoms with Crippen LogP contribution < -0.4 is 0 Å². The molecule has 4 nitrogen and oxygen atoms in total. The first kappa shape index (κ1) is 10.1. The van der Waals surface area contributed by atoms with Crippen molar-refractivity contribution in [2.75, 3.05) is 0 Å². The lowest BCUT2D eigenvalue weighted by Gasteiger charge is -1.99. The molecule has 0 aliphatic carbocycles. The van der Waals surface area contributed by atoms with E-state index in [0.29, 0.717) is 5.56 Å². The maximum atomic E-state index is 10.5. The summed E-state index contributed by atoms with van der Waals surface area (Å²) in [7, 11) is 0. The molecule has 0 atom stereocenters. The highest BCUT2D eigenvalue weighted by molar-refractivity contribution is 5.91. The predicted octanol–water partition coefficient (Wildman–Crippen LogP) is 1.59. The van der Waals surface area contributed by atoms with Gasteiger partial charge in [0.05, 0.1) is 0 Å². The van der Waals surface area contributed by atoms with E-state index < -0.39 is 5.97 Å². The molecule has 0 aliphatic heterocycles. The van der Waals surface area contributed by atoms with Crippen molar-refractivity contribution < 1.29 is 20.1 Å². The Labute approximate surface area is 80.7 Å². The fourth-order valence-corrected chi connectivity index (χ4v) is 0.942. The summed E-state index contributed by atoms with van der Waals surface area (Å²) in [6, 6.07) is 4.11. The maximum Gasteiger partial charge on any atom is 0.331 e. The molecule has 0 saturated heterocycles. The number of benzene rings is 1. The third-order valence-electron chi connectivity index (χ3n) is 1.72. The van der Waals surface area contributed by atoms with Gasteiger partial charge in [0.2, 0.25) is 0 Å². The molecule has 0 heterocycles. The normalized spacial score (nSPS) is 11.4. The minimum absolute atomic E-state index is 0.162. The Kier molecular flexibility index (Phi) is 2.76. The van der Waals surface area contributed by atoms with E-state index in [-0.39, 0.29) is 17.1 Å². The van der Waals surface area contributed by atoms with Crippen LogP contribution in [0.15, 0.2) is 23.8 Å². The molecule has 0 bridgehead atoms. The summed E-state index contributed by atoms with van der Waals surface area (Å²) in [5.74, 6) is -1.51. The van der Waals surface area contributed by atoms with Crippen LogP contribution in [0.5, 0.6) is 11.5 Å². The molecule has 0 spiro atoms. The van der Waals surface area contributed by atoms with E-state index in [1.165, 1.54) is 31.2 Å². The molecule has 0 amide bonds. The van der Waals surface area contributed by atoms with Crippen LogP contribution in [0.1, 0.15) is 12.5 Å². The van der Waals surface area contributed by atoms with E-state index in [1.807, 2.05) is 0 Å². The molecule has 14 heavy (non-hydrogen) atoms. The van der Waals surface area contributed by atoms with Crippen molar-refractivity contribution in [3.05, 3.63) is 29.3 Å². The zero-order chi connectivity index (χ0) is 10.7. The lowest BCUT2D eigenvalue weighted by molar-refractivity contribution is -0.132. The fourth-order valence-electron chi connectivity index (χ4n) is 0.942. The van der Waals surface area contributed by atoms with E-state index >= 15 is 0 Å². The third kappa shape index (κ3) is 2.26. The Balaban J connectivity index is 3.04. The molecular formula is C10H10O4. The van der Waals surface area contributed by atoms with Crippen LogP contribution in [0.25, 0.3) is 6.08 Å². The molecule has 0 unspecified atom stereocenters. The van der Waals surface area contributed by atoms with Gasteiger partial charge in [-0.2, -0.15) is 0 Å². The molecule has 0 radical (unpaired) electrons. The van der Waals surface area contributed by atoms with Gasteiger partial charge in [0.15, 0.2) is 11.5 Å². The lowest BCUT2D eigenvalue weighted by Crippen LogP contribution is -1.95. The minimum atomic E-state index is -1.02. The molecule has 1 rings (SSSR count). The van der Waals surface area contributed by atoms with E-state index in [1.54, 1.807) is 0 Å².